The lowest BCUT2D eigenvalue weighted by Gasteiger charge is -2.06. The predicted octanol–water partition coefficient (Wildman–Crippen LogP) is 3.98. The van der Waals surface area contributed by atoms with E-state index in [2.05, 4.69) is 46.5 Å². The number of nitrogens with zero attached hydrogens (tertiary/aromatic N) is 2. The number of fused-ring (bicyclic) bond motifs is 3. The highest BCUT2D eigenvalue weighted by Crippen LogP contribution is 2.39. The summed E-state index contributed by atoms with van der Waals surface area (Å²) >= 11 is 1.65. The fourth-order valence-corrected chi connectivity index (χ4v) is 4.39. The fraction of sp³-hybridized carbons (Fsp3) is 0.263. The van der Waals surface area contributed by atoms with Crippen molar-refractivity contribution in [1.82, 2.24) is 10.3 Å². The van der Waals surface area contributed by atoms with Crippen LogP contribution in [0.1, 0.15) is 32.8 Å². The Hall–Kier alpha value is -2.40. The molecule has 0 amide bonds. The van der Waals surface area contributed by atoms with Crippen LogP contribution in [0.25, 0.3) is 10.2 Å². The average Bonchev–Trinajstić information content (AvgIpc) is 3.11. The number of pyridine rings is 1. The first kappa shape index (κ1) is 15.1. The molecule has 0 atom stereocenters. The molecule has 0 unspecified atom stereocenters. The summed E-state index contributed by atoms with van der Waals surface area (Å²) in [5.74, 6) is 1.23. The van der Waals surface area contributed by atoms with Gasteiger partial charge in [-0.05, 0) is 26.3 Å². The van der Waals surface area contributed by atoms with E-state index in [1.807, 2.05) is 13.8 Å². The van der Waals surface area contributed by atoms with Crippen LogP contribution in [0.15, 0.2) is 29.3 Å². The van der Waals surface area contributed by atoms with E-state index in [-0.39, 0.29) is 0 Å². The van der Waals surface area contributed by atoms with E-state index in [1.54, 1.807) is 11.3 Å². The number of amidine groups is 1. The van der Waals surface area contributed by atoms with Gasteiger partial charge in [0.1, 0.15) is 16.4 Å². The molecule has 24 heavy (non-hydrogen) atoms. The second-order valence-corrected chi connectivity index (χ2v) is 7.26. The third-order valence-electron chi connectivity index (χ3n) is 4.52. The normalized spacial score (nSPS) is 13.2. The van der Waals surface area contributed by atoms with Crippen LogP contribution in [0.5, 0.6) is 5.75 Å². The van der Waals surface area contributed by atoms with Crippen LogP contribution in [-0.2, 0) is 13.1 Å². The summed E-state index contributed by atoms with van der Waals surface area (Å²) in [6.07, 6.45) is 0. The van der Waals surface area contributed by atoms with Gasteiger partial charge in [-0.3, -0.25) is 4.99 Å². The molecule has 0 saturated carbocycles. The molecule has 0 bridgehead atoms. The summed E-state index contributed by atoms with van der Waals surface area (Å²) in [6.45, 7) is 7.29. The zero-order valence-corrected chi connectivity index (χ0v) is 14.8. The highest BCUT2D eigenvalue weighted by molar-refractivity contribution is 7.20. The smallest absolute Gasteiger partial charge is 0.140 e. The van der Waals surface area contributed by atoms with Gasteiger partial charge >= 0.3 is 0 Å². The van der Waals surface area contributed by atoms with Crippen molar-refractivity contribution in [3.05, 3.63) is 57.1 Å². The maximum Gasteiger partial charge on any atom is 0.140 e. The van der Waals surface area contributed by atoms with Crippen molar-refractivity contribution in [2.24, 2.45) is 4.99 Å². The summed E-state index contributed by atoms with van der Waals surface area (Å²) in [6, 6.07) is 8.52. The molecule has 0 radical (unpaired) electrons. The fourth-order valence-electron chi connectivity index (χ4n) is 3.11. The van der Waals surface area contributed by atoms with E-state index in [1.165, 1.54) is 16.7 Å². The molecule has 0 aliphatic carbocycles. The topological polar surface area (TPSA) is 57.5 Å². The summed E-state index contributed by atoms with van der Waals surface area (Å²) < 4.78 is 0. The molecular formula is C19H19N3OS. The maximum atomic E-state index is 10.2. The minimum Gasteiger partial charge on any atom is -0.506 e. The Bertz CT molecular complexity index is 971. The van der Waals surface area contributed by atoms with Crippen molar-refractivity contribution in [3.8, 4) is 5.75 Å². The summed E-state index contributed by atoms with van der Waals surface area (Å²) in [5, 5.41) is 14.7. The van der Waals surface area contributed by atoms with Gasteiger partial charge in [-0.25, -0.2) is 4.98 Å². The van der Waals surface area contributed by atoms with Crippen molar-refractivity contribution in [3.63, 3.8) is 0 Å². The largest absolute Gasteiger partial charge is 0.506 e. The lowest BCUT2D eigenvalue weighted by molar-refractivity contribution is 0.465. The quantitative estimate of drug-likeness (QED) is 0.744. The van der Waals surface area contributed by atoms with Gasteiger partial charge in [0.25, 0.3) is 0 Å². The SMILES string of the molecule is Cc1ccc(CNC2=NCc3c2sc2nc(C)c(O)c(C)c32)cc1. The van der Waals surface area contributed by atoms with Gasteiger partial charge in [-0.15, -0.1) is 11.3 Å². The van der Waals surface area contributed by atoms with E-state index in [0.717, 1.165) is 33.0 Å². The van der Waals surface area contributed by atoms with Gasteiger partial charge in [0.05, 0.1) is 17.1 Å². The van der Waals surface area contributed by atoms with Crippen molar-refractivity contribution < 1.29 is 5.11 Å². The Kier molecular flexibility index (Phi) is 3.53. The van der Waals surface area contributed by atoms with Crippen LogP contribution >= 0.6 is 11.3 Å². The second kappa shape index (κ2) is 5.60. The summed E-state index contributed by atoms with van der Waals surface area (Å²) in [4.78, 5) is 11.3. The zero-order chi connectivity index (χ0) is 16.8. The average molecular weight is 337 g/mol. The predicted molar refractivity (Wildman–Crippen MR) is 99.0 cm³/mol. The molecule has 1 aliphatic rings. The van der Waals surface area contributed by atoms with E-state index in [9.17, 15) is 5.11 Å². The molecule has 0 spiro atoms. The number of hydrogen-bond donors (Lipinski definition) is 2. The van der Waals surface area contributed by atoms with Gasteiger partial charge in [-0.1, -0.05) is 29.8 Å². The van der Waals surface area contributed by atoms with Crippen LogP contribution in [0.3, 0.4) is 0 Å². The summed E-state index contributed by atoms with van der Waals surface area (Å²) in [7, 11) is 0. The number of aliphatic imine (C=N–C) groups is 1. The highest BCUT2D eigenvalue weighted by Gasteiger charge is 2.25. The van der Waals surface area contributed by atoms with Gasteiger partial charge in [0, 0.05) is 23.1 Å². The molecule has 2 aromatic heterocycles. The number of aromatic nitrogens is 1. The third kappa shape index (κ3) is 2.36. The molecule has 1 aliphatic heterocycles. The number of nitrogens with one attached hydrogen (secondary N) is 1. The van der Waals surface area contributed by atoms with Crippen molar-refractivity contribution in [1.29, 1.82) is 0 Å². The third-order valence-corrected chi connectivity index (χ3v) is 5.65. The standard InChI is InChI=1S/C19H19N3OS/c1-10-4-6-13(7-5-10)8-20-18-17-14(9-21-18)15-11(2)16(23)12(3)22-19(15)24-17/h4-7,23H,8-9H2,1-3H3,(H,20,21). The number of rotatable bonds is 2. The van der Waals surface area contributed by atoms with E-state index in [0.29, 0.717) is 18.0 Å². The highest BCUT2D eigenvalue weighted by atomic mass is 32.1. The first-order valence-corrected chi connectivity index (χ1v) is 8.82. The Morgan fingerprint density at radius 3 is 2.67 bits per heavy atom. The molecule has 1 aromatic carbocycles. The van der Waals surface area contributed by atoms with Crippen molar-refractivity contribution in [2.75, 3.05) is 0 Å². The first-order chi connectivity index (χ1) is 11.5. The number of hydrogen-bond acceptors (Lipinski definition) is 5. The molecule has 2 N–H and O–H groups in total. The van der Waals surface area contributed by atoms with Crippen LogP contribution < -0.4 is 5.32 Å². The molecular weight excluding hydrogens is 318 g/mol. The molecule has 0 fully saturated rings. The van der Waals surface area contributed by atoms with Crippen molar-refractivity contribution in [2.45, 2.75) is 33.9 Å². The van der Waals surface area contributed by atoms with E-state index < -0.39 is 0 Å². The minimum absolute atomic E-state index is 0.296. The zero-order valence-electron chi connectivity index (χ0n) is 14.0. The van der Waals surface area contributed by atoms with E-state index >= 15 is 0 Å². The summed E-state index contributed by atoms with van der Waals surface area (Å²) in [5.41, 5.74) is 5.28. The minimum atomic E-state index is 0.296. The molecule has 4 nitrogen and oxygen atoms in total. The Balaban J connectivity index is 1.65. The van der Waals surface area contributed by atoms with Crippen LogP contribution in [0.4, 0.5) is 0 Å². The maximum absolute atomic E-state index is 10.2. The Labute approximate surface area is 144 Å². The molecule has 122 valence electrons. The number of aryl methyl sites for hydroxylation is 3. The van der Waals surface area contributed by atoms with Crippen LogP contribution in [0.2, 0.25) is 0 Å². The molecule has 0 saturated heterocycles. The molecule has 3 heterocycles. The number of aromatic hydroxyl groups is 1. The van der Waals surface area contributed by atoms with Gasteiger partial charge in [0.15, 0.2) is 0 Å². The number of thiophene rings is 1. The van der Waals surface area contributed by atoms with Gasteiger partial charge < -0.3 is 10.4 Å². The second-order valence-electron chi connectivity index (χ2n) is 6.26. The van der Waals surface area contributed by atoms with Crippen molar-refractivity contribution >= 4 is 27.4 Å². The molecule has 5 heteroatoms. The van der Waals surface area contributed by atoms with Crippen LogP contribution in [-0.4, -0.2) is 15.9 Å². The molecule has 4 rings (SSSR count). The lowest BCUT2D eigenvalue weighted by atomic mass is 10.1. The molecule has 3 aromatic rings. The Morgan fingerprint density at radius 1 is 1.17 bits per heavy atom. The van der Waals surface area contributed by atoms with Gasteiger partial charge in [0.2, 0.25) is 0 Å². The van der Waals surface area contributed by atoms with Crippen LogP contribution in [0, 0.1) is 20.8 Å². The lowest BCUT2D eigenvalue weighted by Crippen LogP contribution is -2.21. The Morgan fingerprint density at radius 2 is 1.92 bits per heavy atom. The first-order valence-electron chi connectivity index (χ1n) is 8.00. The van der Waals surface area contributed by atoms with E-state index in [4.69, 9.17) is 0 Å². The monoisotopic (exact) mass is 337 g/mol. The van der Waals surface area contributed by atoms with Gasteiger partial charge in [-0.2, -0.15) is 0 Å². The number of benzene rings is 1.